The van der Waals surface area contributed by atoms with Crippen molar-refractivity contribution in [2.45, 2.75) is 37.3 Å². The van der Waals surface area contributed by atoms with Gasteiger partial charge in [0.2, 0.25) is 0 Å². The van der Waals surface area contributed by atoms with E-state index in [1.165, 1.54) is 0 Å². The molecule has 0 aromatic heterocycles. The number of ether oxygens (including phenoxy) is 1. The number of nitrogens with two attached hydrogens (primary N) is 1. The second-order valence-corrected chi connectivity index (χ2v) is 4.62. The molecule has 1 saturated carbocycles. The van der Waals surface area contributed by atoms with Gasteiger partial charge in [-0.2, -0.15) is 0 Å². The highest BCUT2D eigenvalue weighted by atomic mass is 16.5. The maximum absolute atomic E-state index is 10.3. The molecule has 3 heteroatoms. The minimum atomic E-state index is -0.569. The van der Waals surface area contributed by atoms with E-state index >= 15 is 0 Å². The zero-order valence-corrected chi connectivity index (χ0v) is 9.65. The van der Waals surface area contributed by atoms with Crippen LogP contribution in [-0.4, -0.2) is 17.8 Å². The summed E-state index contributed by atoms with van der Waals surface area (Å²) in [5.41, 5.74) is 6.67. The Balaban J connectivity index is 2.16. The van der Waals surface area contributed by atoms with Gasteiger partial charge in [-0.05, 0) is 30.5 Å². The highest BCUT2D eigenvalue weighted by Crippen LogP contribution is 2.37. The molecule has 0 saturated heterocycles. The van der Waals surface area contributed by atoms with Crippen LogP contribution in [0.4, 0.5) is 0 Å². The summed E-state index contributed by atoms with van der Waals surface area (Å²) in [5, 5.41) is 10.3. The first-order valence-corrected chi connectivity index (χ1v) is 5.77. The van der Waals surface area contributed by atoms with Gasteiger partial charge in [-0.3, -0.25) is 0 Å². The fourth-order valence-corrected chi connectivity index (χ4v) is 2.42. The van der Waals surface area contributed by atoms with Crippen LogP contribution < -0.4 is 10.5 Å². The van der Waals surface area contributed by atoms with Gasteiger partial charge in [0.25, 0.3) is 0 Å². The van der Waals surface area contributed by atoms with Crippen LogP contribution in [0.2, 0.25) is 0 Å². The number of benzene rings is 1. The Kier molecular flexibility index (Phi) is 3.17. The van der Waals surface area contributed by atoms with Crippen molar-refractivity contribution in [3.8, 4) is 5.75 Å². The summed E-state index contributed by atoms with van der Waals surface area (Å²) >= 11 is 0. The molecule has 1 fully saturated rings. The minimum Gasteiger partial charge on any atom is -0.497 e. The van der Waals surface area contributed by atoms with E-state index in [-0.39, 0.29) is 0 Å². The van der Waals surface area contributed by atoms with Crippen molar-refractivity contribution >= 4 is 0 Å². The van der Waals surface area contributed by atoms with Gasteiger partial charge in [0.15, 0.2) is 0 Å². The zero-order valence-electron chi connectivity index (χ0n) is 9.65. The van der Waals surface area contributed by atoms with E-state index in [9.17, 15) is 5.11 Å². The maximum Gasteiger partial charge on any atom is 0.118 e. The van der Waals surface area contributed by atoms with Crippen molar-refractivity contribution < 1.29 is 9.84 Å². The highest BCUT2D eigenvalue weighted by Gasteiger charge is 2.37. The molecule has 1 aromatic carbocycles. The van der Waals surface area contributed by atoms with Crippen LogP contribution in [-0.2, 0) is 0 Å². The van der Waals surface area contributed by atoms with Gasteiger partial charge in [0.1, 0.15) is 5.75 Å². The molecular formula is C13H19NO2. The largest absolute Gasteiger partial charge is 0.497 e. The van der Waals surface area contributed by atoms with E-state index in [1.54, 1.807) is 7.11 Å². The van der Waals surface area contributed by atoms with Crippen LogP contribution in [0.1, 0.15) is 37.4 Å². The molecule has 1 unspecified atom stereocenters. The van der Waals surface area contributed by atoms with Crippen molar-refractivity contribution in [2.24, 2.45) is 5.73 Å². The van der Waals surface area contributed by atoms with E-state index in [4.69, 9.17) is 10.5 Å². The maximum atomic E-state index is 10.3. The van der Waals surface area contributed by atoms with Crippen LogP contribution in [0.3, 0.4) is 0 Å². The average Bonchev–Trinajstić information content (AvgIpc) is 2.77. The topological polar surface area (TPSA) is 55.5 Å². The van der Waals surface area contributed by atoms with Gasteiger partial charge >= 0.3 is 0 Å². The number of hydrogen-bond acceptors (Lipinski definition) is 3. The molecule has 0 radical (unpaired) electrons. The standard InChI is InChI=1S/C13H19NO2/c1-16-11-6-4-10(5-7-11)12(15)13(14)8-2-3-9-13/h4-7,12,15H,2-3,8-9,14H2,1H3. The van der Waals surface area contributed by atoms with E-state index in [1.807, 2.05) is 24.3 Å². The van der Waals surface area contributed by atoms with Crippen LogP contribution in [0, 0.1) is 0 Å². The lowest BCUT2D eigenvalue weighted by Crippen LogP contribution is -2.42. The van der Waals surface area contributed by atoms with E-state index in [0.717, 1.165) is 37.0 Å². The van der Waals surface area contributed by atoms with Gasteiger partial charge in [-0.1, -0.05) is 25.0 Å². The molecule has 0 amide bonds. The second-order valence-electron chi connectivity index (χ2n) is 4.62. The zero-order chi connectivity index (χ0) is 11.6. The number of methoxy groups -OCH3 is 1. The van der Waals surface area contributed by atoms with E-state index in [0.29, 0.717) is 0 Å². The molecule has 2 rings (SSSR count). The van der Waals surface area contributed by atoms with Crippen LogP contribution in [0.25, 0.3) is 0 Å². The molecule has 3 nitrogen and oxygen atoms in total. The van der Waals surface area contributed by atoms with Crippen LogP contribution >= 0.6 is 0 Å². The van der Waals surface area contributed by atoms with E-state index in [2.05, 4.69) is 0 Å². The fourth-order valence-electron chi connectivity index (χ4n) is 2.42. The Bertz CT molecular complexity index is 341. The smallest absolute Gasteiger partial charge is 0.118 e. The van der Waals surface area contributed by atoms with Crippen LogP contribution in [0.5, 0.6) is 5.75 Å². The molecule has 1 atom stereocenters. The van der Waals surface area contributed by atoms with Gasteiger partial charge in [-0.25, -0.2) is 0 Å². The van der Waals surface area contributed by atoms with Gasteiger partial charge < -0.3 is 15.6 Å². The monoisotopic (exact) mass is 221 g/mol. The third-order valence-electron chi connectivity index (χ3n) is 3.51. The summed E-state index contributed by atoms with van der Waals surface area (Å²) in [6.07, 6.45) is 3.47. The number of aliphatic hydroxyl groups excluding tert-OH is 1. The predicted molar refractivity (Wildman–Crippen MR) is 63.3 cm³/mol. The van der Waals surface area contributed by atoms with Crippen molar-refractivity contribution in [3.63, 3.8) is 0 Å². The van der Waals surface area contributed by atoms with E-state index < -0.39 is 11.6 Å². The van der Waals surface area contributed by atoms with Crippen molar-refractivity contribution in [3.05, 3.63) is 29.8 Å². The Morgan fingerprint density at radius 1 is 1.25 bits per heavy atom. The molecule has 16 heavy (non-hydrogen) atoms. The molecule has 0 bridgehead atoms. The SMILES string of the molecule is COc1ccc(C(O)C2(N)CCCC2)cc1. The molecule has 1 aromatic rings. The number of hydrogen-bond donors (Lipinski definition) is 2. The molecule has 3 N–H and O–H groups in total. The summed E-state index contributed by atoms with van der Waals surface area (Å²) in [6, 6.07) is 7.49. The summed E-state index contributed by atoms with van der Waals surface area (Å²) in [4.78, 5) is 0. The molecule has 1 aliphatic carbocycles. The summed E-state index contributed by atoms with van der Waals surface area (Å²) in [6.45, 7) is 0. The first-order valence-electron chi connectivity index (χ1n) is 5.77. The molecular weight excluding hydrogens is 202 g/mol. The summed E-state index contributed by atoms with van der Waals surface area (Å²) in [7, 11) is 1.63. The number of rotatable bonds is 3. The summed E-state index contributed by atoms with van der Waals surface area (Å²) < 4.78 is 5.09. The lowest BCUT2D eigenvalue weighted by molar-refractivity contribution is 0.0871. The normalized spacial score (nSPS) is 20.7. The Labute approximate surface area is 96.2 Å². The molecule has 0 aliphatic heterocycles. The first kappa shape index (κ1) is 11.4. The molecule has 0 spiro atoms. The Morgan fingerprint density at radius 3 is 2.31 bits per heavy atom. The van der Waals surface area contributed by atoms with Crippen molar-refractivity contribution in [1.82, 2.24) is 0 Å². The first-order chi connectivity index (χ1) is 7.65. The Hall–Kier alpha value is -1.06. The lowest BCUT2D eigenvalue weighted by Gasteiger charge is -2.30. The molecule has 0 heterocycles. The Morgan fingerprint density at radius 2 is 1.81 bits per heavy atom. The van der Waals surface area contributed by atoms with Gasteiger partial charge in [0, 0.05) is 5.54 Å². The van der Waals surface area contributed by atoms with Crippen molar-refractivity contribution in [2.75, 3.05) is 7.11 Å². The van der Waals surface area contributed by atoms with Gasteiger partial charge in [-0.15, -0.1) is 0 Å². The van der Waals surface area contributed by atoms with Gasteiger partial charge in [0.05, 0.1) is 13.2 Å². The second kappa shape index (κ2) is 4.44. The average molecular weight is 221 g/mol. The highest BCUT2D eigenvalue weighted by molar-refractivity contribution is 5.30. The predicted octanol–water partition coefficient (Wildman–Crippen LogP) is 2.00. The third-order valence-corrected chi connectivity index (χ3v) is 3.51. The lowest BCUT2D eigenvalue weighted by atomic mass is 9.87. The summed E-state index contributed by atoms with van der Waals surface area (Å²) in [5.74, 6) is 0.799. The fraction of sp³-hybridized carbons (Fsp3) is 0.538. The molecule has 1 aliphatic rings. The number of aliphatic hydroxyl groups is 1. The quantitative estimate of drug-likeness (QED) is 0.820. The third kappa shape index (κ3) is 2.06. The minimum absolute atomic E-state index is 0.436. The molecule has 88 valence electrons. The van der Waals surface area contributed by atoms with Crippen LogP contribution in [0.15, 0.2) is 24.3 Å². The van der Waals surface area contributed by atoms with Crippen molar-refractivity contribution in [1.29, 1.82) is 0 Å².